The Hall–Kier alpha value is -1.73. The highest BCUT2D eigenvalue weighted by atomic mass is 32.2. The molecule has 0 atom stereocenters. The van der Waals surface area contributed by atoms with Crippen LogP contribution in [0.15, 0.2) is 33.9 Å². The first-order valence-corrected chi connectivity index (χ1v) is 8.39. The maximum atomic E-state index is 12.2. The van der Waals surface area contributed by atoms with Gasteiger partial charge in [0.05, 0.1) is 12.3 Å². The molecule has 0 aliphatic rings. The van der Waals surface area contributed by atoms with Crippen LogP contribution in [0.4, 0.5) is 11.4 Å². The van der Waals surface area contributed by atoms with Crippen LogP contribution in [0.2, 0.25) is 0 Å². The number of benzene rings is 1. The molecule has 20 heavy (non-hydrogen) atoms. The van der Waals surface area contributed by atoms with Crippen molar-refractivity contribution in [2.75, 3.05) is 17.1 Å². The maximum Gasteiger partial charge on any atom is 0.271 e. The van der Waals surface area contributed by atoms with Gasteiger partial charge in [0.15, 0.2) is 0 Å². The lowest BCUT2D eigenvalue weighted by Gasteiger charge is -2.11. The number of sulfonamides is 1. The molecular weight excluding hydrogens is 296 g/mol. The van der Waals surface area contributed by atoms with Gasteiger partial charge >= 0.3 is 0 Å². The molecule has 0 unspecified atom stereocenters. The summed E-state index contributed by atoms with van der Waals surface area (Å²) in [6.45, 7) is 4.29. The van der Waals surface area contributed by atoms with Crippen LogP contribution in [-0.2, 0) is 10.0 Å². The number of rotatable bonds is 5. The van der Waals surface area contributed by atoms with Crippen LogP contribution in [0, 0.1) is 6.92 Å². The zero-order valence-electron chi connectivity index (χ0n) is 11.2. The molecule has 2 aromatic rings. The molecule has 0 radical (unpaired) electrons. The van der Waals surface area contributed by atoms with Crippen LogP contribution in [0.1, 0.15) is 12.5 Å². The second kappa shape index (κ2) is 5.72. The van der Waals surface area contributed by atoms with E-state index in [-0.39, 0.29) is 4.21 Å². The fraction of sp³-hybridized carbons (Fsp3) is 0.231. The number of nitrogens with one attached hydrogen (secondary N) is 1. The average molecular weight is 312 g/mol. The van der Waals surface area contributed by atoms with Gasteiger partial charge in [-0.1, -0.05) is 0 Å². The predicted octanol–water partition coefficient (Wildman–Crippen LogP) is 2.84. The molecule has 1 aromatic carbocycles. The lowest BCUT2D eigenvalue weighted by Crippen LogP contribution is -2.12. The van der Waals surface area contributed by atoms with E-state index in [1.165, 1.54) is 6.07 Å². The Bertz CT molecular complexity index is 708. The highest BCUT2D eigenvalue weighted by molar-refractivity contribution is 7.94. The van der Waals surface area contributed by atoms with Crippen molar-refractivity contribution in [2.45, 2.75) is 18.1 Å². The fourth-order valence-electron chi connectivity index (χ4n) is 1.67. The maximum absolute atomic E-state index is 12.2. The molecule has 1 aromatic heterocycles. The second-order valence-electron chi connectivity index (χ2n) is 4.21. The number of nitrogens with two attached hydrogens (primary N) is 1. The minimum atomic E-state index is -3.59. The molecule has 7 heteroatoms. The summed E-state index contributed by atoms with van der Waals surface area (Å²) in [7, 11) is -3.59. The van der Waals surface area contributed by atoms with E-state index in [0.29, 0.717) is 23.7 Å². The lowest BCUT2D eigenvalue weighted by molar-refractivity contribution is 0.340. The number of thiophene rings is 1. The molecule has 0 saturated heterocycles. The van der Waals surface area contributed by atoms with Gasteiger partial charge in [-0.15, -0.1) is 11.3 Å². The summed E-state index contributed by atoms with van der Waals surface area (Å²) in [6.07, 6.45) is 0. The Morgan fingerprint density at radius 2 is 2.10 bits per heavy atom. The third-order valence-electron chi connectivity index (χ3n) is 2.61. The summed E-state index contributed by atoms with van der Waals surface area (Å²) >= 11 is 1.09. The monoisotopic (exact) mass is 312 g/mol. The van der Waals surface area contributed by atoms with Crippen LogP contribution in [-0.4, -0.2) is 15.0 Å². The Kier molecular flexibility index (Phi) is 4.20. The number of nitrogen functional groups attached to an aromatic ring is 1. The Morgan fingerprint density at radius 3 is 2.65 bits per heavy atom. The first kappa shape index (κ1) is 14.7. The van der Waals surface area contributed by atoms with Crippen molar-refractivity contribution in [3.8, 4) is 5.75 Å². The first-order chi connectivity index (χ1) is 9.42. The third-order valence-corrected chi connectivity index (χ3v) is 5.44. The van der Waals surface area contributed by atoms with Gasteiger partial charge in [0.2, 0.25) is 0 Å². The van der Waals surface area contributed by atoms with E-state index in [1.807, 2.05) is 13.8 Å². The molecule has 1 heterocycles. The van der Waals surface area contributed by atoms with Crippen LogP contribution >= 0.6 is 11.3 Å². The highest BCUT2D eigenvalue weighted by Crippen LogP contribution is 2.27. The molecule has 0 spiro atoms. The number of aryl methyl sites for hydroxylation is 1. The molecule has 5 nitrogen and oxygen atoms in total. The van der Waals surface area contributed by atoms with Gasteiger partial charge in [-0.3, -0.25) is 4.72 Å². The van der Waals surface area contributed by atoms with E-state index in [2.05, 4.69) is 4.72 Å². The predicted molar refractivity (Wildman–Crippen MR) is 81.9 cm³/mol. The van der Waals surface area contributed by atoms with E-state index < -0.39 is 10.0 Å². The van der Waals surface area contributed by atoms with Crippen molar-refractivity contribution in [1.82, 2.24) is 0 Å². The quantitative estimate of drug-likeness (QED) is 0.889. The second-order valence-corrected chi connectivity index (χ2v) is 7.03. The van der Waals surface area contributed by atoms with Crippen LogP contribution in [0.25, 0.3) is 0 Å². The fourth-order valence-corrected chi connectivity index (χ4v) is 3.88. The molecule has 108 valence electrons. The van der Waals surface area contributed by atoms with Crippen LogP contribution in [0.5, 0.6) is 5.75 Å². The van der Waals surface area contributed by atoms with E-state index in [0.717, 1.165) is 16.9 Å². The van der Waals surface area contributed by atoms with Crippen LogP contribution < -0.4 is 15.2 Å². The van der Waals surface area contributed by atoms with Crippen molar-refractivity contribution in [3.05, 3.63) is 35.2 Å². The van der Waals surface area contributed by atoms with Gasteiger partial charge in [0.1, 0.15) is 9.96 Å². The minimum absolute atomic E-state index is 0.197. The zero-order chi connectivity index (χ0) is 14.8. The molecule has 0 aliphatic carbocycles. The molecule has 0 amide bonds. The normalized spacial score (nSPS) is 11.3. The van der Waals surface area contributed by atoms with E-state index in [4.69, 9.17) is 10.5 Å². The highest BCUT2D eigenvalue weighted by Gasteiger charge is 2.17. The van der Waals surface area contributed by atoms with Gasteiger partial charge in [-0.2, -0.15) is 0 Å². The zero-order valence-corrected chi connectivity index (χ0v) is 12.8. The Labute approximate surface area is 122 Å². The van der Waals surface area contributed by atoms with Crippen molar-refractivity contribution in [1.29, 1.82) is 0 Å². The SMILES string of the molecule is CCOc1ccc(NS(=O)(=O)c2cc(N)cs2)c(C)c1. The standard InChI is InChI=1S/C13H16N2O3S2/c1-3-18-11-4-5-12(9(2)6-11)15-20(16,17)13-7-10(14)8-19-13/h4-8,15H,3,14H2,1-2H3. The summed E-state index contributed by atoms with van der Waals surface area (Å²) in [4.78, 5) is 0. The van der Waals surface area contributed by atoms with Crippen LogP contribution in [0.3, 0.4) is 0 Å². The van der Waals surface area contributed by atoms with Gasteiger partial charge in [-0.05, 0) is 43.7 Å². The minimum Gasteiger partial charge on any atom is -0.494 e. The summed E-state index contributed by atoms with van der Waals surface area (Å²) in [5.41, 5.74) is 7.32. The van der Waals surface area contributed by atoms with Crippen molar-refractivity contribution >= 4 is 32.7 Å². The summed E-state index contributed by atoms with van der Waals surface area (Å²) in [6, 6.07) is 6.66. The molecule has 2 rings (SSSR count). The number of hydrogen-bond acceptors (Lipinski definition) is 5. The summed E-state index contributed by atoms with van der Waals surface area (Å²) in [5.74, 6) is 0.716. The van der Waals surface area contributed by atoms with E-state index >= 15 is 0 Å². The van der Waals surface area contributed by atoms with Crippen molar-refractivity contribution < 1.29 is 13.2 Å². The van der Waals surface area contributed by atoms with E-state index in [9.17, 15) is 8.42 Å². The molecular formula is C13H16N2O3S2. The molecule has 0 bridgehead atoms. The molecule has 0 fully saturated rings. The number of hydrogen-bond donors (Lipinski definition) is 2. The molecule has 0 aliphatic heterocycles. The summed E-state index contributed by atoms with van der Waals surface area (Å²) in [5, 5.41) is 1.60. The van der Waals surface area contributed by atoms with Crippen molar-refractivity contribution in [2.24, 2.45) is 0 Å². The number of anilines is 2. The largest absolute Gasteiger partial charge is 0.494 e. The Balaban J connectivity index is 2.25. The summed E-state index contributed by atoms with van der Waals surface area (Å²) < 4.78 is 32.5. The smallest absolute Gasteiger partial charge is 0.271 e. The Morgan fingerprint density at radius 1 is 1.35 bits per heavy atom. The van der Waals surface area contributed by atoms with Gasteiger partial charge < -0.3 is 10.5 Å². The average Bonchev–Trinajstić information content (AvgIpc) is 2.81. The lowest BCUT2D eigenvalue weighted by atomic mass is 10.2. The van der Waals surface area contributed by atoms with Gasteiger partial charge in [0, 0.05) is 11.1 Å². The molecule has 0 saturated carbocycles. The number of ether oxygens (including phenoxy) is 1. The third kappa shape index (κ3) is 3.23. The van der Waals surface area contributed by atoms with Gasteiger partial charge in [-0.25, -0.2) is 8.42 Å². The van der Waals surface area contributed by atoms with E-state index in [1.54, 1.807) is 23.6 Å². The molecule has 3 N–H and O–H groups in total. The van der Waals surface area contributed by atoms with Gasteiger partial charge in [0.25, 0.3) is 10.0 Å². The first-order valence-electron chi connectivity index (χ1n) is 6.02. The van der Waals surface area contributed by atoms with Crippen molar-refractivity contribution in [3.63, 3.8) is 0 Å². The topological polar surface area (TPSA) is 81.4 Å².